The average Bonchev–Trinajstić information content (AvgIpc) is 3.10. The van der Waals surface area contributed by atoms with Gasteiger partial charge in [-0.2, -0.15) is 0 Å². The van der Waals surface area contributed by atoms with E-state index in [0.29, 0.717) is 29.9 Å². The second kappa shape index (κ2) is 9.38. The number of carbonyl (C=O) groups excluding carboxylic acids is 1. The minimum atomic E-state index is -4.25. The van der Waals surface area contributed by atoms with E-state index in [1.165, 1.54) is 18.3 Å². The Bertz CT molecular complexity index is 1420. The lowest BCUT2D eigenvalue weighted by Gasteiger charge is -2.36. The van der Waals surface area contributed by atoms with E-state index < -0.39 is 15.9 Å². The van der Waals surface area contributed by atoms with Crippen molar-refractivity contribution >= 4 is 27.6 Å². The van der Waals surface area contributed by atoms with Crippen LogP contribution in [0.3, 0.4) is 0 Å². The van der Waals surface area contributed by atoms with Crippen LogP contribution < -0.4 is 20.1 Å². The highest BCUT2D eigenvalue weighted by Gasteiger charge is 2.41. The number of hydrogen-bond donors (Lipinski definition) is 2. The normalized spacial score (nSPS) is 17.1. The minimum Gasteiger partial charge on any atom is -0.481 e. The number of ether oxygens (including phenoxy) is 1. The molecule has 11 heteroatoms. The second-order valence-electron chi connectivity index (χ2n) is 9.43. The molecule has 1 fully saturated rings. The van der Waals surface area contributed by atoms with Crippen LogP contribution in [0.25, 0.3) is 11.3 Å². The van der Waals surface area contributed by atoms with Crippen LogP contribution in [0.4, 0.5) is 11.6 Å². The largest absolute Gasteiger partial charge is 0.481 e. The summed E-state index contributed by atoms with van der Waals surface area (Å²) in [7, 11) is -2.69. The monoisotopic (exact) mass is 510 g/mol. The highest BCUT2D eigenvalue weighted by atomic mass is 32.2. The Morgan fingerprint density at radius 1 is 1.25 bits per heavy atom. The lowest BCUT2D eigenvalue weighted by molar-refractivity contribution is 0.0981. The van der Waals surface area contributed by atoms with Gasteiger partial charge in [0.2, 0.25) is 5.88 Å². The number of aryl methyl sites for hydroxylation is 1. The summed E-state index contributed by atoms with van der Waals surface area (Å²) in [5.41, 5.74) is 7.78. The number of methoxy groups -OCH3 is 1. The highest BCUT2D eigenvalue weighted by Crippen LogP contribution is 2.39. The first-order valence-electron chi connectivity index (χ1n) is 11.5. The third-order valence-corrected chi connectivity index (χ3v) is 8.28. The first-order chi connectivity index (χ1) is 17.0. The fourth-order valence-electron chi connectivity index (χ4n) is 4.38. The van der Waals surface area contributed by atoms with Gasteiger partial charge in [-0.25, -0.2) is 28.1 Å². The molecule has 1 aliphatic rings. The Balaban J connectivity index is 1.79. The number of nitrogens with one attached hydrogen (secondary N) is 1. The summed E-state index contributed by atoms with van der Waals surface area (Å²) in [5, 5.41) is 0. The number of pyridine rings is 3. The number of carbonyl (C=O) groups is 1. The van der Waals surface area contributed by atoms with Crippen LogP contribution in [0.2, 0.25) is 0 Å². The molecule has 3 aromatic heterocycles. The fourth-order valence-corrected chi connectivity index (χ4v) is 5.43. The molecule has 0 bridgehead atoms. The molecule has 1 aliphatic heterocycles. The molecule has 1 unspecified atom stereocenters. The summed E-state index contributed by atoms with van der Waals surface area (Å²) in [6.45, 7) is 8.89. The molecule has 4 rings (SSSR count). The zero-order valence-corrected chi connectivity index (χ0v) is 21.8. The predicted molar refractivity (Wildman–Crippen MR) is 137 cm³/mol. The number of nitrogen functional groups attached to an aromatic ring is 1. The Morgan fingerprint density at radius 3 is 2.61 bits per heavy atom. The van der Waals surface area contributed by atoms with E-state index in [1.54, 1.807) is 25.4 Å². The van der Waals surface area contributed by atoms with E-state index in [1.807, 2.05) is 13.0 Å². The number of rotatable bonds is 6. The summed E-state index contributed by atoms with van der Waals surface area (Å²) in [5.74, 6) is 0.268. The third kappa shape index (κ3) is 4.58. The Labute approximate surface area is 211 Å². The molecule has 0 spiro atoms. The van der Waals surface area contributed by atoms with Crippen LogP contribution in [-0.4, -0.2) is 48.5 Å². The van der Waals surface area contributed by atoms with Crippen molar-refractivity contribution in [3.63, 3.8) is 0 Å². The summed E-state index contributed by atoms with van der Waals surface area (Å²) in [4.78, 5) is 28.1. The van der Waals surface area contributed by atoms with E-state index >= 15 is 0 Å². The zero-order valence-electron chi connectivity index (χ0n) is 20.9. The summed E-state index contributed by atoms with van der Waals surface area (Å²) < 4.78 is 33.3. The van der Waals surface area contributed by atoms with Crippen molar-refractivity contribution in [2.45, 2.75) is 44.6 Å². The fraction of sp³-hybridized carbons (Fsp3) is 0.360. The number of nitrogens with zero attached hydrogens (tertiary/aromatic N) is 4. The quantitative estimate of drug-likeness (QED) is 0.511. The van der Waals surface area contributed by atoms with Gasteiger partial charge in [0.1, 0.15) is 16.5 Å². The first-order valence-corrected chi connectivity index (χ1v) is 13.0. The van der Waals surface area contributed by atoms with Crippen LogP contribution in [-0.2, 0) is 10.0 Å². The van der Waals surface area contributed by atoms with Gasteiger partial charge in [0.15, 0.2) is 0 Å². The molecule has 10 nitrogen and oxygen atoms in total. The number of amides is 1. The molecule has 0 saturated carbocycles. The molecule has 1 amide bonds. The Hall–Kier alpha value is -3.73. The number of sulfonamides is 1. The summed E-state index contributed by atoms with van der Waals surface area (Å²) in [6, 6.07) is 7.92. The van der Waals surface area contributed by atoms with E-state index in [-0.39, 0.29) is 21.8 Å². The van der Waals surface area contributed by atoms with Gasteiger partial charge < -0.3 is 15.4 Å². The van der Waals surface area contributed by atoms with Gasteiger partial charge in [0.05, 0.1) is 18.4 Å². The van der Waals surface area contributed by atoms with Crippen LogP contribution in [0.15, 0.2) is 47.6 Å². The van der Waals surface area contributed by atoms with Crippen molar-refractivity contribution < 1.29 is 17.9 Å². The van der Waals surface area contributed by atoms with Gasteiger partial charge in [0, 0.05) is 35.6 Å². The molecule has 36 heavy (non-hydrogen) atoms. The van der Waals surface area contributed by atoms with Crippen molar-refractivity contribution in [1.29, 1.82) is 0 Å². The summed E-state index contributed by atoms with van der Waals surface area (Å²) >= 11 is 0. The van der Waals surface area contributed by atoms with Crippen LogP contribution in [0.1, 0.15) is 43.1 Å². The van der Waals surface area contributed by atoms with Crippen molar-refractivity contribution in [2.75, 3.05) is 24.3 Å². The van der Waals surface area contributed by atoms with Gasteiger partial charge >= 0.3 is 0 Å². The maximum atomic E-state index is 13.4. The molecule has 1 saturated heterocycles. The Morgan fingerprint density at radius 2 is 2.00 bits per heavy atom. The third-order valence-electron chi connectivity index (χ3n) is 6.90. The highest BCUT2D eigenvalue weighted by molar-refractivity contribution is 7.90. The number of anilines is 2. The maximum Gasteiger partial charge on any atom is 0.268 e. The topological polar surface area (TPSA) is 140 Å². The molecule has 0 radical (unpaired) electrons. The predicted octanol–water partition coefficient (Wildman–Crippen LogP) is 3.18. The van der Waals surface area contributed by atoms with E-state index in [2.05, 4.69) is 40.4 Å². The zero-order chi connectivity index (χ0) is 26.3. The van der Waals surface area contributed by atoms with Crippen molar-refractivity contribution in [2.24, 2.45) is 5.92 Å². The lowest BCUT2D eigenvalue weighted by Crippen LogP contribution is -2.43. The van der Waals surface area contributed by atoms with Gasteiger partial charge in [-0.3, -0.25) is 4.79 Å². The number of aromatic nitrogens is 3. The molecule has 0 aromatic carbocycles. The number of hydrogen-bond acceptors (Lipinski definition) is 9. The SMILES string of the molecule is COc1ncc(-c2ccc(C(=O)NS(=O)(=O)c3cccnc3N)c(N3CCC(C)C3(C)C)n2)cc1C. The van der Waals surface area contributed by atoms with Crippen LogP contribution >= 0.6 is 0 Å². The van der Waals surface area contributed by atoms with Crippen LogP contribution in [0, 0.1) is 12.8 Å². The van der Waals surface area contributed by atoms with Gasteiger partial charge in [-0.1, -0.05) is 6.92 Å². The minimum absolute atomic E-state index is 0.144. The summed E-state index contributed by atoms with van der Waals surface area (Å²) in [6.07, 6.45) is 3.95. The number of nitrogens with two attached hydrogens (primary N) is 1. The molecular formula is C25H30N6O4S. The molecule has 190 valence electrons. The van der Waals surface area contributed by atoms with E-state index in [9.17, 15) is 13.2 Å². The van der Waals surface area contributed by atoms with Crippen LogP contribution in [0.5, 0.6) is 5.88 Å². The molecular weight excluding hydrogens is 480 g/mol. The smallest absolute Gasteiger partial charge is 0.268 e. The van der Waals surface area contributed by atoms with Gasteiger partial charge in [0.25, 0.3) is 15.9 Å². The molecule has 3 N–H and O–H groups in total. The molecule has 4 heterocycles. The van der Waals surface area contributed by atoms with Gasteiger partial charge in [-0.05, 0) is 63.4 Å². The maximum absolute atomic E-state index is 13.4. The first kappa shape index (κ1) is 25.4. The average molecular weight is 511 g/mol. The van der Waals surface area contributed by atoms with Crippen molar-refractivity contribution in [1.82, 2.24) is 19.7 Å². The van der Waals surface area contributed by atoms with E-state index in [4.69, 9.17) is 15.5 Å². The van der Waals surface area contributed by atoms with E-state index in [0.717, 1.165) is 17.5 Å². The Kier molecular flexibility index (Phi) is 6.61. The molecule has 1 atom stereocenters. The van der Waals surface area contributed by atoms with Crippen molar-refractivity contribution in [3.05, 3.63) is 53.9 Å². The van der Waals surface area contributed by atoms with Gasteiger partial charge in [-0.15, -0.1) is 0 Å². The lowest BCUT2D eigenvalue weighted by atomic mass is 9.90. The van der Waals surface area contributed by atoms with Crippen molar-refractivity contribution in [3.8, 4) is 17.1 Å². The molecule has 0 aliphatic carbocycles. The standard InChI is InChI=1S/C25H30N6O4S/c1-15-13-17(14-28-24(15)35-5)19-9-8-18(22(29-19)31-12-10-16(2)25(31,3)4)23(32)30-36(33,34)20-7-6-11-27-21(20)26/h6-9,11,13-14,16H,10,12H2,1-5H3,(H2,26,27)(H,30,32). The second-order valence-corrected chi connectivity index (χ2v) is 11.1. The molecule has 3 aromatic rings.